The zero-order valence-corrected chi connectivity index (χ0v) is 16.7. The first-order valence-corrected chi connectivity index (χ1v) is 10.6. The molecule has 3 N–H and O–H groups in total. The molecule has 29 heavy (non-hydrogen) atoms. The van der Waals surface area contributed by atoms with Gasteiger partial charge in [-0.05, 0) is 43.0 Å². The summed E-state index contributed by atoms with van der Waals surface area (Å²) in [6.07, 6.45) is 6.02. The van der Waals surface area contributed by atoms with Crippen LogP contribution >= 0.6 is 0 Å². The van der Waals surface area contributed by atoms with E-state index in [1.807, 2.05) is 24.3 Å². The monoisotopic (exact) mass is 399 g/mol. The predicted octanol–water partition coefficient (Wildman–Crippen LogP) is 2.74. The maximum atomic E-state index is 12.6. The molecule has 1 aromatic rings. The van der Waals surface area contributed by atoms with Crippen LogP contribution in [0.25, 0.3) is 0 Å². The number of hydrogen-bond acceptors (Lipinski definition) is 5. The van der Waals surface area contributed by atoms with Crippen molar-refractivity contribution < 1.29 is 19.4 Å². The van der Waals surface area contributed by atoms with Gasteiger partial charge in [0, 0.05) is 36.9 Å². The fraction of sp³-hybridized carbons (Fsp3) is 0.545. The van der Waals surface area contributed by atoms with Crippen LogP contribution in [0.15, 0.2) is 35.6 Å². The van der Waals surface area contributed by atoms with Crippen molar-refractivity contribution in [2.75, 3.05) is 36.5 Å². The van der Waals surface area contributed by atoms with E-state index in [1.165, 1.54) is 6.42 Å². The van der Waals surface area contributed by atoms with Crippen LogP contribution in [0.5, 0.6) is 0 Å². The number of ether oxygens (including phenoxy) is 1. The van der Waals surface area contributed by atoms with Crippen LogP contribution < -0.4 is 15.5 Å². The number of rotatable bonds is 4. The lowest BCUT2D eigenvalue weighted by Crippen LogP contribution is -2.47. The third kappa shape index (κ3) is 4.56. The molecule has 7 nitrogen and oxygen atoms in total. The summed E-state index contributed by atoms with van der Waals surface area (Å²) in [6, 6.07) is 7.43. The van der Waals surface area contributed by atoms with E-state index in [1.54, 1.807) is 0 Å². The summed E-state index contributed by atoms with van der Waals surface area (Å²) in [7, 11) is 0. The van der Waals surface area contributed by atoms with Crippen LogP contribution in [0.2, 0.25) is 0 Å². The lowest BCUT2D eigenvalue weighted by atomic mass is 9.81. The van der Waals surface area contributed by atoms with Crippen LogP contribution in [-0.2, 0) is 14.3 Å². The van der Waals surface area contributed by atoms with Gasteiger partial charge in [-0.15, -0.1) is 0 Å². The van der Waals surface area contributed by atoms with Crippen molar-refractivity contribution in [2.24, 2.45) is 5.92 Å². The third-order valence-corrected chi connectivity index (χ3v) is 6.19. The molecule has 4 rings (SSSR count). The Morgan fingerprint density at radius 2 is 1.79 bits per heavy atom. The molecule has 2 aliphatic heterocycles. The van der Waals surface area contributed by atoms with E-state index >= 15 is 0 Å². The summed E-state index contributed by atoms with van der Waals surface area (Å²) in [5, 5.41) is 16.1. The summed E-state index contributed by atoms with van der Waals surface area (Å²) in [6.45, 7) is 3.11. The topological polar surface area (TPSA) is 90.9 Å². The zero-order valence-electron chi connectivity index (χ0n) is 16.7. The third-order valence-electron chi connectivity index (χ3n) is 6.19. The van der Waals surface area contributed by atoms with Gasteiger partial charge in [0.15, 0.2) is 0 Å². The Balaban J connectivity index is 1.40. The summed E-state index contributed by atoms with van der Waals surface area (Å²) >= 11 is 0. The molecule has 1 saturated carbocycles. The number of benzene rings is 1. The van der Waals surface area contributed by atoms with E-state index in [-0.39, 0.29) is 17.4 Å². The van der Waals surface area contributed by atoms with Gasteiger partial charge in [-0.25, -0.2) is 0 Å². The smallest absolute Gasteiger partial charge is 0.264 e. The van der Waals surface area contributed by atoms with Gasteiger partial charge in [0.2, 0.25) is 0 Å². The molecule has 1 aliphatic carbocycles. The second kappa shape index (κ2) is 8.86. The molecule has 0 radical (unpaired) electrons. The van der Waals surface area contributed by atoms with Crippen LogP contribution in [-0.4, -0.2) is 49.3 Å². The van der Waals surface area contributed by atoms with Crippen molar-refractivity contribution in [1.82, 2.24) is 5.32 Å². The minimum Gasteiger partial charge on any atom is -0.511 e. The molecule has 1 aromatic carbocycles. The van der Waals surface area contributed by atoms with Crippen molar-refractivity contribution in [3.8, 4) is 0 Å². The SMILES string of the molecule is O=C(Nc1ccc(N2CCOCC2)cc1)C1=C(O)CC(C2CCCCC2)NC1=O. The Bertz CT molecular complexity index is 778. The fourth-order valence-electron chi connectivity index (χ4n) is 4.56. The van der Waals surface area contributed by atoms with Crippen LogP contribution in [0.1, 0.15) is 38.5 Å². The number of amides is 2. The van der Waals surface area contributed by atoms with Crippen molar-refractivity contribution in [2.45, 2.75) is 44.6 Å². The number of carbonyl (C=O) groups is 2. The number of morpholine rings is 1. The summed E-state index contributed by atoms with van der Waals surface area (Å²) in [4.78, 5) is 27.4. The van der Waals surface area contributed by atoms with E-state index in [0.29, 0.717) is 31.2 Å². The standard InChI is InChI=1S/C22H29N3O4/c26-19-14-18(15-4-2-1-3-5-15)24-22(28)20(19)21(27)23-16-6-8-17(9-7-16)25-10-12-29-13-11-25/h6-9,15,18,26H,1-5,10-14H2,(H,23,27)(H,24,28). The Kier molecular flexibility index (Phi) is 6.04. The molecule has 2 fully saturated rings. The Morgan fingerprint density at radius 3 is 2.45 bits per heavy atom. The van der Waals surface area contributed by atoms with Crippen molar-refractivity contribution >= 4 is 23.2 Å². The quantitative estimate of drug-likeness (QED) is 0.678. The van der Waals surface area contributed by atoms with Gasteiger partial charge in [0.05, 0.1) is 13.2 Å². The van der Waals surface area contributed by atoms with E-state index in [2.05, 4.69) is 15.5 Å². The van der Waals surface area contributed by atoms with Gasteiger partial charge in [-0.3, -0.25) is 9.59 Å². The molecule has 3 aliphatic rings. The number of nitrogens with one attached hydrogen (secondary N) is 2. The minimum atomic E-state index is -0.568. The van der Waals surface area contributed by atoms with E-state index in [0.717, 1.165) is 44.5 Å². The summed E-state index contributed by atoms with van der Waals surface area (Å²) in [5.41, 5.74) is 1.49. The lowest BCUT2D eigenvalue weighted by molar-refractivity contribution is -0.123. The first-order valence-electron chi connectivity index (χ1n) is 10.6. The van der Waals surface area contributed by atoms with Crippen LogP contribution in [0.4, 0.5) is 11.4 Å². The molecule has 0 aromatic heterocycles. The Labute approximate surface area is 171 Å². The molecule has 2 heterocycles. The van der Waals surface area contributed by atoms with Crippen LogP contribution in [0.3, 0.4) is 0 Å². The number of nitrogens with zero attached hydrogens (tertiary/aromatic N) is 1. The highest BCUT2D eigenvalue weighted by Gasteiger charge is 2.35. The van der Waals surface area contributed by atoms with Gasteiger partial charge < -0.3 is 25.4 Å². The van der Waals surface area contributed by atoms with Gasteiger partial charge in [-0.2, -0.15) is 0 Å². The van der Waals surface area contributed by atoms with E-state index < -0.39 is 11.8 Å². The maximum absolute atomic E-state index is 12.6. The second-order valence-electron chi connectivity index (χ2n) is 8.10. The van der Waals surface area contributed by atoms with Crippen molar-refractivity contribution in [1.29, 1.82) is 0 Å². The molecule has 7 heteroatoms. The Hall–Kier alpha value is -2.54. The molecule has 2 amide bonds. The van der Waals surface area contributed by atoms with E-state index in [4.69, 9.17) is 4.74 Å². The lowest BCUT2D eigenvalue weighted by Gasteiger charge is -2.33. The number of anilines is 2. The highest BCUT2D eigenvalue weighted by Crippen LogP contribution is 2.31. The zero-order chi connectivity index (χ0) is 20.2. The number of aliphatic hydroxyl groups excluding tert-OH is 1. The highest BCUT2D eigenvalue weighted by atomic mass is 16.5. The van der Waals surface area contributed by atoms with Gasteiger partial charge in [-0.1, -0.05) is 19.3 Å². The summed E-state index contributed by atoms with van der Waals surface area (Å²) in [5.74, 6) is -0.771. The normalized spacial score (nSPS) is 23.7. The fourth-order valence-corrected chi connectivity index (χ4v) is 4.56. The summed E-state index contributed by atoms with van der Waals surface area (Å²) < 4.78 is 5.37. The van der Waals surface area contributed by atoms with Gasteiger partial charge >= 0.3 is 0 Å². The highest BCUT2D eigenvalue weighted by molar-refractivity contribution is 6.23. The molecular formula is C22H29N3O4. The Morgan fingerprint density at radius 1 is 1.10 bits per heavy atom. The average molecular weight is 399 g/mol. The van der Waals surface area contributed by atoms with E-state index in [9.17, 15) is 14.7 Å². The second-order valence-corrected chi connectivity index (χ2v) is 8.10. The molecule has 156 valence electrons. The molecular weight excluding hydrogens is 370 g/mol. The first-order chi connectivity index (χ1) is 14.1. The number of aliphatic hydroxyl groups is 1. The van der Waals surface area contributed by atoms with Gasteiger partial charge in [0.1, 0.15) is 11.3 Å². The predicted molar refractivity (Wildman–Crippen MR) is 111 cm³/mol. The molecule has 1 saturated heterocycles. The largest absolute Gasteiger partial charge is 0.511 e. The maximum Gasteiger partial charge on any atom is 0.264 e. The number of hydrogen-bond donors (Lipinski definition) is 3. The van der Waals surface area contributed by atoms with Crippen LogP contribution in [0, 0.1) is 5.92 Å². The first kappa shape index (κ1) is 19.8. The molecule has 0 bridgehead atoms. The molecule has 0 spiro atoms. The minimum absolute atomic E-state index is 0.0767. The molecule has 1 atom stereocenters. The van der Waals surface area contributed by atoms with Gasteiger partial charge in [0.25, 0.3) is 11.8 Å². The average Bonchev–Trinajstić information content (AvgIpc) is 2.75. The van der Waals surface area contributed by atoms with Crippen molar-refractivity contribution in [3.63, 3.8) is 0 Å². The van der Waals surface area contributed by atoms with Crippen molar-refractivity contribution in [3.05, 3.63) is 35.6 Å². The molecule has 1 unspecified atom stereocenters. The number of carbonyl (C=O) groups excluding carboxylic acids is 2.